The monoisotopic (exact) mass is 408 g/mol. The fourth-order valence-corrected chi connectivity index (χ4v) is 3.78. The summed E-state index contributed by atoms with van der Waals surface area (Å²) in [5.41, 5.74) is 2.28. The SMILES string of the molecule is CCOc1ccc(C(c2ccc(Cl)c(Cl)c2)N2CCNCC2)cc1OCC. The van der Waals surface area contributed by atoms with E-state index in [1.165, 1.54) is 0 Å². The molecule has 2 aromatic rings. The molecule has 4 nitrogen and oxygen atoms in total. The Morgan fingerprint density at radius 3 is 2.19 bits per heavy atom. The number of halogens is 2. The molecule has 1 heterocycles. The molecular formula is C21H26Cl2N2O2. The summed E-state index contributed by atoms with van der Waals surface area (Å²) in [6, 6.07) is 12.2. The Labute approximate surface area is 171 Å². The van der Waals surface area contributed by atoms with Gasteiger partial charge in [0.05, 0.1) is 29.3 Å². The molecule has 27 heavy (non-hydrogen) atoms. The number of benzene rings is 2. The van der Waals surface area contributed by atoms with Gasteiger partial charge in [0.25, 0.3) is 0 Å². The van der Waals surface area contributed by atoms with Crippen molar-refractivity contribution in [1.82, 2.24) is 10.2 Å². The number of hydrogen-bond donors (Lipinski definition) is 1. The second-order valence-electron chi connectivity index (χ2n) is 6.43. The van der Waals surface area contributed by atoms with Crippen LogP contribution in [0.4, 0.5) is 0 Å². The van der Waals surface area contributed by atoms with Crippen LogP contribution in [0.1, 0.15) is 31.0 Å². The van der Waals surface area contributed by atoms with Gasteiger partial charge in [0.1, 0.15) is 0 Å². The van der Waals surface area contributed by atoms with Crippen LogP contribution in [0.3, 0.4) is 0 Å². The molecule has 1 aliphatic heterocycles. The Morgan fingerprint density at radius 2 is 1.52 bits per heavy atom. The number of nitrogens with one attached hydrogen (secondary N) is 1. The van der Waals surface area contributed by atoms with Crippen molar-refractivity contribution < 1.29 is 9.47 Å². The second kappa shape index (κ2) is 9.65. The molecule has 0 saturated carbocycles. The highest BCUT2D eigenvalue weighted by Gasteiger charge is 2.25. The average Bonchev–Trinajstić information content (AvgIpc) is 2.68. The van der Waals surface area contributed by atoms with Crippen LogP contribution >= 0.6 is 23.2 Å². The molecule has 1 saturated heterocycles. The highest BCUT2D eigenvalue weighted by molar-refractivity contribution is 6.42. The van der Waals surface area contributed by atoms with E-state index in [2.05, 4.69) is 28.4 Å². The lowest BCUT2D eigenvalue weighted by Crippen LogP contribution is -2.45. The smallest absolute Gasteiger partial charge is 0.161 e. The van der Waals surface area contributed by atoms with E-state index in [4.69, 9.17) is 32.7 Å². The first kappa shape index (κ1) is 20.3. The summed E-state index contributed by atoms with van der Waals surface area (Å²) in [5.74, 6) is 1.55. The summed E-state index contributed by atoms with van der Waals surface area (Å²) in [6.07, 6.45) is 0. The molecule has 0 spiro atoms. The third kappa shape index (κ3) is 4.88. The molecule has 6 heteroatoms. The zero-order valence-corrected chi connectivity index (χ0v) is 17.3. The molecule has 3 rings (SSSR count). The van der Waals surface area contributed by atoms with Crippen LogP contribution < -0.4 is 14.8 Å². The van der Waals surface area contributed by atoms with Crippen LogP contribution in [0.5, 0.6) is 11.5 Å². The van der Waals surface area contributed by atoms with Gasteiger partial charge in [-0.15, -0.1) is 0 Å². The Bertz CT molecular complexity index is 764. The predicted molar refractivity (Wildman–Crippen MR) is 112 cm³/mol. The van der Waals surface area contributed by atoms with Gasteiger partial charge >= 0.3 is 0 Å². The minimum Gasteiger partial charge on any atom is -0.490 e. The van der Waals surface area contributed by atoms with Crippen molar-refractivity contribution in [3.63, 3.8) is 0 Å². The van der Waals surface area contributed by atoms with E-state index < -0.39 is 0 Å². The minimum atomic E-state index is 0.0803. The van der Waals surface area contributed by atoms with Gasteiger partial charge in [0.15, 0.2) is 11.5 Å². The van der Waals surface area contributed by atoms with Crippen LogP contribution in [0, 0.1) is 0 Å². The first-order chi connectivity index (χ1) is 13.1. The van der Waals surface area contributed by atoms with Crippen LogP contribution in [0.25, 0.3) is 0 Å². The van der Waals surface area contributed by atoms with E-state index in [1.54, 1.807) is 0 Å². The van der Waals surface area contributed by atoms with Gasteiger partial charge in [-0.2, -0.15) is 0 Å². The maximum atomic E-state index is 6.32. The zero-order valence-electron chi connectivity index (χ0n) is 15.8. The zero-order chi connectivity index (χ0) is 19.2. The molecule has 0 radical (unpaired) electrons. The van der Waals surface area contributed by atoms with E-state index in [-0.39, 0.29) is 6.04 Å². The maximum Gasteiger partial charge on any atom is 0.161 e. The van der Waals surface area contributed by atoms with Crippen molar-refractivity contribution in [2.45, 2.75) is 19.9 Å². The summed E-state index contributed by atoms with van der Waals surface area (Å²) >= 11 is 12.5. The lowest BCUT2D eigenvalue weighted by Gasteiger charge is -2.36. The Kier molecular flexibility index (Phi) is 7.25. The van der Waals surface area contributed by atoms with E-state index in [1.807, 2.05) is 32.0 Å². The molecule has 0 bridgehead atoms. The van der Waals surface area contributed by atoms with Gasteiger partial charge in [0.2, 0.25) is 0 Å². The molecule has 0 amide bonds. The number of piperazine rings is 1. The lowest BCUT2D eigenvalue weighted by molar-refractivity contribution is 0.198. The highest BCUT2D eigenvalue weighted by Crippen LogP contribution is 2.37. The molecule has 1 N–H and O–H groups in total. The van der Waals surface area contributed by atoms with Crippen molar-refractivity contribution >= 4 is 23.2 Å². The lowest BCUT2D eigenvalue weighted by atomic mass is 9.96. The fourth-order valence-electron chi connectivity index (χ4n) is 3.47. The minimum absolute atomic E-state index is 0.0803. The van der Waals surface area contributed by atoms with Crippen molar-refractivity contribution in [3.05, 3.63) is 57.6 Å². The van der Waals surface area contributed by atoms with Gasteiger partial charge < -0.3 is 14.8 Å². The Hall–Kier alpha value is -1.46. The van der Waals surface area contributed by atoms with Gasteiger partial charge in [0, 0.05) is 26.2 Å². The summed E-state index contributed by atoms with van der Waals surface area (Å²) in [4.78, 5) is 2.46. The van der Waals surface area contributed by atoms with Crippen molar-refractivity contribution in [1.29, 1.82) is 0 Å². The van der Waals surface area contributed by atoms with Crippen LogP contribution in [-0.4, -0.2) is 44.3 Å². The second-order valence-corrected chi connectivity index (χ2v) is 7.25. The molecule has 146 valence electrons. The summed E-state index contributed by atoms with van der Waals surface area (Å²) in [6.45, 7) is 9.00. The Morgan fingerprint density at radius 1 is 0.889 bits per heavy atom. The van der Waals surface area contributed by atoms with Crippen LogP contribution in [0.2, 0.25) is 10.0 Å². The van der Waals surface area contributed by atoms with Crippen molar-refractivity contribution in [3.8, 4) is 11.5 Å². The molecule has 0 aromatic heterocycles. The number of nitrogens with zero attached hydrogens (tertiary/aromatic N) is 1. The average molecular weight is 409 g/mol. The van der Waals surface area contributed by atoms with E-state index >= 15 is 0 Å². The third-order valence-electron chi connectivity index (χ3n) is 4.66. The number of hydrogen-bond acceptors (Lipinski definition) is 4. The molecule has 1 fully saturated rings. The number of rotatable bonds is 7. The first-order valence-electron chi connectivity index (χ1n) is 9.43. The molecule has 1 unspecified atom stereocenters. The first-order valence-corrected chi connectivity index (χ1v) is 10.2. The van der Waals surface area contributed by atoms with Crippen molar-refractivity contribution in [2.24, 2.45) is 0 Å². The summed E-state index contributed by atoms with van der Waals surface area (Å²) < 4.78 is 11.6. The van der Waals surface area contributed by atoms with Gasteiger partial charge in [-0.3, -0.25) is 4.90 Å². The van der Waals surface area contributed by atoms with Crippen LogP contribution in [0.15, 0.2) is 36.4 Å². The van der Waals surface area contributed by atoms with Crippen LogP contribution in [-0.2, 0) is 0 Å². The van der Waals surface area contributed by atoms with Crippen molar-refractivity contribution in [2.75, 3.05) is 39.4 Å². The van der Waals surface area contributed by atoms with E-state index in [9.17, 15) is 0 Å². The molecule has 1 atom stereocenters. The molecule has 2 aromatic carbocycles. The van der Waals surface area contributed by atoms with Gasteiger partial charge in [-0.05, 0) is 49.2 Å². The maximum absolute atomic E-state index is 6.32. The largest absolute Gasteiger partial charge is 0.490 e. The molecule has 1 aliphatic rings. The van der Waals surface area contributed by atoms with Gasteiger partial charge in [-0.25, -0.2) is 0 Å². The topological polar surface area (TPSA) is 33.7 Å². The Balaban J connectivity index is 2.03. The predicted octanol–water partition coefficient (Wildman–Crippen LogP) is 4.79. The third-order valence-corrected chi connectivity index (χ3v) is 5.40. The highest BCUT2D eigenvalue weighted by atomic mass is 35.5. The van der Waals surface area contributed by atoms with E-state index in [0.29, 0.717) is 23.3 Å². The quantitative estimate of drug-likeness (QED) is 0.713. The normalized spacial score (nSPS) is 16.1. The fraction of sp³-hybridized carbons (Fsp3) is 0.429. The summed E-state index contributed by atoms with van der Waals surface area (Å²) in [7, 11) is 0. The molecular weight excluding hydrogens is 383 g/mol. The van der Waals surface area contributed by atoms with Gasteiger partial charge in [-0.1, -0.05) is 35.3 Å². The van der Waals surface area contributed by atoms with E-state index in [0.717, 1.165) is 48.8 Å². The standard InChI is InChI=1S/C21H26Cl2N2O2/c1-3-26-19-8-6-16(14-20(19)27-4-2)21(25-11-9-24-10-12-25)15-5-7-17(22)18(23)13-15/h5-8,13-14,21,24H,3-4,9-12H2,1-2H3. The molecule has 0 aliphatic carbocycles. The number of ether oxygens (including phenoxy) is 2. The summed E-state index contributed by atoms with van der Waals surface area (Å²) in [5, 5.41) is 4.56.